The van der Waals surface area contributed by atoms with Crippen LogP contribution in [0.15, 0.2) is 0 Å². The van der Waals surface area contributed by atoms with E-state index in [1.165, 1.54) is 51.4 Å². The number of rotatable bonds is 4. The number of carboxylic acid groups (broad SMARTS) is 1. The van der Waals surface area contributed by atoms with Crippen LogP contribution in [-0.2, 0) is 4.79 Å². The Balaban J connectivity index is 1.53. The first-order chi connectivity index (χ1) is 12.4. The average Bonchev–Trinajstić information content (AvgIpc) is 2.92. The van der Waals surface area contributed by atoms with Gasteiger partial charge in [0.2, 0.25) is 0 Å². The third-order valence-electron chi connectivity index (χ3n) is 9.74. The molecule has 6 unspecified atom stereocenters. The van der Waals surface area contributed by atoms with Crippen LogP contribution in [0, 0.1) is 40.4 Å². The van der Waals surface area contributed by atoms with Crippen molar-refractivity contribution in [3.8, 4) is 0 Å². The van der Waals surface area contributed by atoms with Gasteiger partial charge < -0.3 is 10.2 Å². The first kappa shape index (κ1) is 18.8. The zero-order chi connectivity index (χ0) is 18.5. The van der Waals surface area contributed by atoms with Crippen molar-refractivity contribution in [2.75, 3.05) is 0 Å². The Morgan fingerprint density at radius 2 is 1.77 bits per heavy atom. The van der Waals surface area contributed by atoms with Crippen molar-refractivity contribution in [1.82, 2.24) is 0 Å². The van der Waals surface area contributed by atoms with Crippen LogP contribution in [0.4, 0.5) is 0 Å². The molecular weight excluding hydrogens is 324 g/mol. The molecular formula is C23H38O3. The Morgan fingerprint density at radius 3 is 2.54 bits per heavy atom. The van der Waals surface area contributed by atoms with Gasteiger partial charge in [0.15, 0.2) is 0 Å². The maximum atomic E-state index is 11.2. The molecule has 4 rings (SSSR count). The second-order valence-corrected chi connectivity index (χ2v) is 10.6. The molecule has 0 radical (unpaired) electrons. The Labute approximate surface area is 158 Å². The highest BCUT2D eigenvalue weighted by atomic mass is 16.4. The lowest BCUT2D eigenvalue weighted by Gasteiger charge is -2.62. The highest BCUT2D eigenvalue weighted by Gasteiger charge is 2.61. The molecule has 148 valence electrons. The van der Waals surface area contributed by atoms with Crippen molar-refractivity contribution in [2.24, 2.45) is 40.4 Å². The van der Waals surface area contributed by atoms with Crippen LogP contribution in [0.3, 0.4) is 0 Å². The topological polar surface area (TPSA) is 57.5 Å². The fourth-order valence-electron chi connectivity index (χ4n) is 8.34. The van der Waals surface area contributed by atoms with Crippen molar-refractivity contribution in [2.45, 2.75) is 97.0 Å². The van der Waals surface area contributed by atoms with E-state index in [0.717, 1.165) is 25.2 Å². The average molecular weight is 363 g/mol. The van der Waals surface area contributed by atoms with Crippen molar-refractivity contribution < 1.29 is 15.0 Å². The molecule has 0 bridgehead atoms. The fourth-order valence-corrected chi connectivity index (χ4v) is 8.34. The molecule has 0 aliphatic heterocycles. The van der Waals surface area contributed by atoms with Gasteiger partial charge in [-0.1, -0.05) is 26.7 Å². The molecule has 0 amide bonds. The maximum absolute atomic E-state index is 11.2. The summed E-state index contributed by atoms with van der Waals surface area (Å²) in [6.45, 7) is 5.04. The van der Waals surface area contributed by atoms with E-state index in [2.05, 4.69) is 13.8 Å². The second-order valence-electron chi connectivity index (χ2n) is 10.6. The number of hydrogen-bond acceptors (Lipinski definition) is 2. The summed E-state index contributed by atoms with van der Waals surface area (Å²) in [4.78, 5) is 10.9. The van der Waals surface area contributed by atoms with Crippen LogP contribution in [0.1, 0.15) is 90.9 Å². The summed E-state index contributed by atoms with van der Waals surface area (Å²) in [7, 11) is 0. The van der Waals surface area contributed by atoms with E-state index in [0.29, 0.717) is 40.9 Å². The van der Waals surface area contributed by atoms with Crippen LogP contribution in [0.5, 0.6) is 0 Å². The van der Waals surface area contributed by atoms with E-state index in [4.69, 9.17) is 5.11 Å². The van der Waals surface area contributed by atoms with E-state index in [-0.39, 0.29) is 6.10 Å². The third-order valence-corrected chi connectivity index (χ3v) is 9.74. The van der Waals surface area contributed by atoms with Gasteiger partial charge in [-0.05, 0) is 98.2 Å². The van der Waals surface area contributed by atoms with E-state index in [9.17, 15) is 9.90 Å². The van der Waals surface area contributed by atoms with Gasteiger partial charge in [-0.2, -0.15) is 0 Å². The quantitative estimate of drug-likeness (QED) is 0.717. The number of aliphatic hydroxyl groups is 1. The molecule has 3 nitrogen and oxygen atoms in total. The Hall–Kier alpha value is -0.570. The molecule has 2 N–H and O–H groups in total. The minimum Gasteiger partial charge on any atom is -0.481 e. The van der Waals surface area contributed by atoms with Crippen LogP contribution < -0.4 is 0 Å². The predicted octanol–water partition coefficient (Wildman–Crippen LogP) is 5.26. The highest BCUT2D eigenvalue weighted by Crippen LogP contribution is 2.67. The third kappa shape index (κ3) is 2.84. The van der Waals surface area contributed by atoms with Crippen molar-refractivity contribution in [3.63, 3.8) is 0 Å². The molecule has 0 aromatic carbocycles. The molecule has 0 spiro atoms. The van der Waals surface area contributed by atoms with Crippen LogP contribution in [0.2, 0.25) is 0 Å². The molecule has 4 aliphatic rings. The van der Waals surface area contributed by atoms with Gasteiger partial charge in [0, 0.05) is 6.42 Å². The number of carboxylic acids is 1. The molecule has 0 saturated heterocycles. The summed E-state index contributed by atoms with van der Waals surface area (Å²) < 4.78 is 0. The number of aliphatic hydroxyl groups excluding tert-OH is 1. The van der Waals surface area contributed by atoms with Crippen molar-refractivity contribution >= 4 is 5.97 Å². The molecule has 0 aromatic heterocycles. The van der Waals surface area contributed by atoms with Crippen molar-refractivity contribution in [1.29, 1.82) is 0 Å². The number of aliphatic carboxylic acids is 1. The minimum atomic E-state index is -0.660. The summed E-state index contributed by atoms with van der Waals surface area (Å²) in [5.74, 6) is 2.62. The molecule has 3 heteroatoms. The zero-order valence-electron chi connectivity index (χ0n) is 16.8. The van der Waals surface area contributed by atoms with Crippen LogP contribution in [0.25, 0.3) is 0 Å². The number of carbonyl (C=O) groups is 1. The Morgan fingerprint density at radius 1 is 1.00 bits per heavy atom. The standard InChI is InChI=1S/C23H38O3/c1-22-12-4-3-6-16(22)14-19(24)21-17-10-9-15(7-5-8-20(25)26)23(17,2)13-11-18(21)22/h15-19,21,24H,3-14H2,1-2H3,(H,25,26)/t15?,16-,17?,18?,19+,21?,22?,23?/m0/s1. The molecule has 0 heterocycles. The zero-order valence-corrected chi connectivity index (χ0v) is 16.8. The fraction of sp³-hybridized carbons (Fsp3) is 0.957. The smallest absolute Gasteiger partial charge is 0.303 e. The SMILES string of the molecule is CC12CCC3C(C1CCC2CCCC(=O)O)[C@H](O)C[C@@H]1CCCCC31C. The molecule has 8 atom stereocenters. The summed E-state index contributed by atoms with van der Waals surface area (Å²) in [6.07, 6.45) is 13.7. The lowest BCUT2D eigenvalue weighted by Crippen LogP contribution is -2.57. The lowest BCUT2D eigenvalue weighted by atomic mass is 9.44. The van der Waals surface area contributed by atoms with Crippen molar-refractivity contribution in [3.05, 3.63) is 0 Å². The van der Waals surface area contributed by atoms with Crippen LogP contribution >= 0.6 is 0 Å². The highest BCUT2D eigenvalue weighted by molar-refractivity contribution is 5.66. The summed E-state index contributed by atoms with van der Waals surface area (Å²) >= 11 is 0. The van der Waals surface area contributed by atoms with E-state index in [1.807, 2.05) is 0 Å². The minimum absolute atomic E-state index is 0.0985. The van der Waals surface area contributed by atoms with Gasteiger partial charge in [-0.3, -0.25) is 4.79 Å². The Kier molecular flexibility index (Phi) is 4.91. The van der Waals surface area contributed by atoms with E-state index >= 15 is 0 Å². The number of hydrogen-bond donors (Lipinski definition) is 2. The molecule has 4 fully saturated rings. The van der Waals surface area contributed by atoms with Gasteiger partial charge in [-0.15, -0.1) is 0 Å². The van der Waals surface area contributed by atoms with Gasteiger partial charge in [-0.25, -0.2) is 0 Å². The monoisotopic (exact) mass is 362 g/mol. The van der Waals surface area contributed by atoms with E-state index < -0.39 is 5.97 Å². The van der Waals surface area contributed by atoms with E-state index in [1.54, 1.807) is 0 Å². The van der Waals surface area contributed by atoms with Crippen LogP contribution in [-0.4, -0.2) is 22.3 Å². The molecule has 4 saturated carbocycles. The van der Waals surface area contributed by atoms with Gasteiger partial charge in [0.1, 0.15) is 0 Å². The molecule has 4 aliphatic carbocycles. The predicted molar refractivity (Wildman–Crippen MR) is 103 cm³/mol. The maximum Gasteiger partial charge on any atom is 0.303 e. The second kappa shape index (κ2) is 6.79. The molecule has 26 heavy (non-hydrogen) atoms. The first-order valence-electron chi connectivity index (χ1n) is 11.3. The first-order valence-corrected chi connectivity index (χ1v) is 11.3. The summed E-state index contributed by atoms with van der Waals surface area (Å²) in [5, 5.41) is 20.2. The largest absolute Gasteiger partial charge is 0.481 e. The lowest BCUT2D eigenvalue weighted by molar-refractivity contribution is -0.162. The van der Waals surface area contributed by atoms with Gasteiger partial charge in [0.05, 0.1) is 6.10 Å². The summed E-state index contributed by atoms with van der Waals surface area (Å²) in [5.41, 5.74) is 0.795. The van der Waals surface area contributed by atoms with Gasteiger partial charge in [0.25, 0.3) is 0 Å². The molecule has 0 aromatic rings. The van der Waals surface area contributed by atoms with Gasteiger partial charge >= 0.3 is 5.97 Å². The summed E-state index contributed by atoms with van der Waals surface area (Å²) in [6, 6.07) is 0. The number of fused-ring (bicyclic) bond motifs is 5. The normalized spacial score (nSPS) is 50.6. The Bertz CT molecular complexity index is 546.